The molecule has 0 unspecified atom stereocenters. The van der Waals surface area contributed by atoms with E-state index in [0.29, 0.717) is 32.3 Å². The molecule has 0 saturated heterocycles. The van der Waals surface area contributed by atoms with E-state index in [0.717, 1.165) is 11.3 Å². The molecule has 3 aromatic rings. The number of aryl methyl sites for hydroxylation is 1. The largest absolute Gasteiger partial charge is 0.485 e. The predicted octanol–water partition coefficient (Wildman–Crippen LogP) is 5.44. The Balaban J connectivity index is 1.66. The zero-order chi connectivity index (χ0) is 18.7. The number of thioether (sulfide) groups is 1. The van der Waals surface area contributed by atoms with Crippen LogP contribution in [0.25, 0.3) is 0 Å². The van der Waals surface area contributed by atoms with Crippen LogP contribution in [0.1, 0.15) is 17.0 Å². The van der Waals surface area contributed by atoms with Gasteiger partial charge in [-0.05, 0) is 42.8 Å². The minimum atomic E-state index is -0.325. The minimum Gasteiger partial charge on any atom is -0.485 e. The summed E-state index contributed by atoms with van der Waals surface area (Å²) in [7, 11) is 1.85. The maximum Gasteiger partial charge on any atom is 0.191 e. The van der Waals surface area contributed by atoms with Gasteiger partial charge in [0.15, 0.2) is 11.0 Å². The van der Waals surface area contributed by atoms with Crippen molar-refractivity contribution in [3.8, 4) is 5.75 Å². The van der Waals surface area contributed by atoms with Gasteiger partial charge in [-0.15, -0.1) is 10.2 Å². The zero-order valence-electron chi connectivity index (χ0n) is 14.2. The fraction of sp³-hybridized carbons (Fsp3) is 0.222. The molecule has 0 atom stereocenters. The van der Waals surface area contributed by atoms with Gasteiger partial charge in [-0.2, -0.15) is 0 Å². The average Bonchev–Trinajstić information content (AvgIpc) is 2.94. The first kappa shape index (κ1) is 19.0. The van der Waals surface area contributed by atoms with Crippen molar-refractivity contribution in [3.63, 3.8) is 0 Å². The van der Waals surface area contributed by atoms with Gasteiger partial charge in [0.1, 0.15) is 18.2 Å². The van der Waals surface area contributed by atoms with Gasteiger partial charge in [0.05, 0.1) is 0 Å². The molecule has 0 aliphatic heterocycles. The Morgan fingerprint density at radius 2 is 2.00 bits per heavy atom. The summed E-state index contributed by atoms with van der Waals surface area (Å²) in [5.41, 5.74) is 1.40. The van der Waals surface area contributed by atoms with Crippen LogP contribution in [0.3, 0.4) is 0 Å². The number of rotatable bonds is 6. The molecule has 0 amide bonds. The summed E-state index contributed by atoms with van der Waals surface area (Å²) in [4.78, 5) is 0. The number of benzene rings is 2. The van der Waals surface area contributed by atoms with Crippen molar-refractivity contribution in [2.45, 2.75) is 24.4 Å². The van der Waals surface area contributed by atoms with Gasteiger partial charge < -0.3 is 9.30 Å². The van der Waals surface area contributed by atoms with Crippen LogP contribution < -0.4 is 4.74 Å². The Morgan fingerprint density at radius 3 is 2.73 bits per heavy atom. The lowest BCUT2D eigenvalue weighted by atomic mass is 10.2. The van der Waals surface area contributed by atoms with E-state index in [1.165, 1.54) is 17.8 Å². The summed E-state index contributed by atoms with van der Waals surface area (Å²) in [5, 5.41) is 10.0. The van der Waals surface area contributed by atoms with Gasteiger partial charge in [0.25, 0.3) is 0 Å². The van der Waals surface area contributed by atoms with Crippen molar-refractivity contribution in [3.05, 3.63) is 69.2 Å². The third-order valence-corrected chi connectivity index (χ3v) is 5.46. The van der Waals surface area contributed by atoms with Crippen molar-refractivity contribution in [1.82, 2.24) is 14.8 Å². The molecular formula is C18H16Cl2FN3OS. The molecule has 3 rings (SSSR count). The molecule has 26 heavy (non-hydrogen) atoms. The number of hydrogen-bond donors (Lipinski definition) is 0. The Bertz CT molecular complexity index is 913. The van der Waals surface area contributed by atoms with E-state index < -0.39 is 0 Å². The topological polar surface area (TPSA) is 39.9 Å². The first-order chi connectivity index (χ1) is 12.5. The molecule has 0 N–H and O–H groups in total. The van der Waals surface area contributed by atoms with E-state index in [1.807, 2.05) is 30.7 Å². The molecule has 0 spiro atoms. The fourth-order valence-corrected chi connectivity index (χ4v) is 3.82. The molecule has 1 aromatic heterocycles. The van der Waals surface area contributed by atoms with Crippen LogP contribution in [0, 0.1) is 12.7 Å². The highest BCUT2D eigenvalue weighted by molar-refractivity contribution is 7.98. The summed E-state index contributed by atoms with van der Waals surface area (Å²) in [6.07, 6.45) is 0. The third-order valence-electron chi connectivity index (χ3n) is 3.83. The predicted molar refractivity (Wildman–Crippen MR) is 102 cm³/mol. The lowest BCUT2D eigenvalue weighted by molar-refractivity contribution is 0.288. The molecule has 1 heterocycles. The highest BCUT2D eigenvalue weighted by atomic mass is 35.5. The smallest absolute Gasteiger partial charge is 0.191 e. The molecule has 0 aliphatic rings. The van der Waals surface area contributed by atoms with E-state index in [2.05, 4.69) is 10.2 Å². The normalized spacial score (nSPS) is 11.0. The van der Waals surface area contributed by atoms with Gasteiger partial charge in [0, 0.05) is 28.4 Å². The second-order valence-corrected chi connectivity index (χ2v) is 7.43. The molecule has 0 aliphatic carbocycles. The molecule has 8 heteroatoms. The van der Waals surface area contributed by atoms with Crippen molar-refractivity contribution >= 4 is 35.0 Å². The number of halogens is 3. The Morgan fingerprint density at radius 1 is 1.19 bits per heavy atom. The van der Waals surface area contributed by atoms with Crippen LogP contribution in [0.4, 0.5) is 4.39 Å². The SMILES string of the molecule is Cc1cc(Cl)ccc1OCc1nnc(SCc2c(F)cccc2Cl)n1C. The van der Waals surface area contributed by atoms with E-state index in [9.17, 15) is 4.39 Å². The van der Waals surface area contributed by atoms with Crippen molar-refractivity contribution < 1.29 is 9.13 Å². The van der Waals surface area contributed by atoms with Crippen LogP contribution in [0.5, 0.6) is 5.75 Å². The van der Waals surface area contributed by atoms with Gasteiger partial charge in [0.2, 0.25) is 0 Å². The van der Waals surface area contributed by atoms with Crippen LogP contribution in [0.2, 0.25) is 10.0 Å². The minimum absolute atomic E-state index is 0.271. The summed E-state index contributed by atoms with van der Waals surface area (Å²) in [6, 6.07) is 10.1. The molecule has 136 valence electrons. The van der Waals surface area contributed by atoms with Crippen LogP contribution >= 0.6 is 35.0 Å². The standard InChI is InChI=1S/C18H16Cl2FN3OS/c1-11-8-12(19)6-7-16(11)25-9-17-22-23-18(24(17)2)26-10-13-14(20)4-3-5-15(13)21/h3-8H,9-10H2,1-2H3. The van der Waals surface area contributed by atoms with Gasteiger partial charge >= 0.3 is 0 Å². The van der Waals surface area contributed by atoms with E-state index in [1.54, 1.807) is 18.2 Å². The van der Waals surface area contributed by atoms with Crippen LogP contribution in [-0.2, 0) is 19.4 Å². The first-order valence-corrected chi connectivity index (χ1v) is 9.52. The summed E-state index contributed by atoms with van der Waals surface area (Å²) < 4.78 is 21.5. The summed E-state index contributed by atoms with van der Waals surface area (Å²) in [5.74, 6) is 1.45. The molecule has 0 radical (unpaired) electrons. The third kappa shape index (κ3) is 4.31. The van der Waals surface area contributed by atoms with Gasteiger partial charge in [-0.1, -0.05) is 41.0 Å². The molecular weight excluding hydrogens is 396 g/mol. The highest BCUT2D eigenvalue weighted by Crippen LogP contribution is 2.28. The number of ether oxygens (including phenoxy) is 1. The molecule has 0 bridgehead atoms. The van der Waals surface area contributed by atoms with Gasteiger partial charge in [-0.3, -0.25) is 0 Å². The molecule has 0 fully saturated rings. The Labute approximate surface area is 165 Å². The molecule has 4 nitrogen and oxygen atoms in total. The first-order valence-electron chi connectivity index (χ1n) is 7.78. The fourth-order valence-electron chi connectivity index (χ4n) is 2.32. The lowest BCUT2D eigenvalue weighted by Crippen LogP contribution is -2.05. The number of aromatic nitrogens is 3. The monoisotopic (exact) mass is 411 g/mol. The maximum absolute atomic E-state index is 13.9. The average molecular weight is 412 g/mol. The summed E-state index contributed by atoms with van der Waals surface area (Å²) >= 11 is 13.4. The lowest BCUT2D eigenvalue weighted by Gasteiger charge is -2.09. The highest BCUT2D eigenvalue weighted by Gasteiger charge is 2.13. The van der Waals surface area contributed by atoms with Gasteiger partial charge in [-0.25, -0.2) is 4.39 Å². The van der Waals surface area contributed by atoms with E-state index >= 15 is 0 Å². The Hall–Kier alpha value is -1.76. The van der Waals surface area contributed by atoms with Crippen LogP contribution in [-0.4, -0.2) is 14.8 Å². The van der Waals surface area contributed by atoms with Crippen molar-refractivity contribution in [1.29, 1.82) is 0 Å². The maximum atomic E-state index is 13.9. The zero-order valence-corrected chi connectivity index (χ0v) is 16.5. The summed E-state index contributed by atoms with van der Waals surface area (Å²) in [6.45, 7) is 2.20. The van der Waals surface area contributed by atoms with Crippen molar-refractivity contribution in [2.24, 2.45) is 7.05 Å². The second kappa shape index (κ2) is 8.29. The quantitative estimate of drug-likeness (QED) is 0.506. The number of nitrogens with zero attached hydrogens (tertiary/aromatic N) is 3. The Kier molecular flexibility index (Phi) is 6.06. The van der Waals surface area contributed by atoms with Crippen molar-refractivity contribution in [2.75, 3.05) is 0 Å². The van der Waals surface area contributed by atoms with E-state index in [-0.39, 0.29) is 12.4 Å². The van der Waals surface area contributed by atoms with Crippen LogP contribution in [0.15, 0.2) is 41.6 Å². The number of hydrogen-bond acceptors (Lipinski definition) is 4. The second-order valence-electron chi connectivity index (χ2n) is 5.65. The molecule has 0 saturated carbocycles. The molecule has 2 aromatic carbocycles. The van der Waals surface area contributed by atoms with E-state index in [4.69, 9.17) is 27.9 Å².